The molecule has 18 heavy (non-hydrogen) atoms. The summed E-state index contributed by atoms with van der Waals surface area (Å²) in [4.78, 5) is 10.7. The maximum Gasteiger partial charge on any atom is 0.303 e. The van der Waals surface area contributed by atoms with Gasteiger partial charge in [-0.05, 0) is 37.5 Å². The third-order valence-corrected chi connectivity index (χ3v) is 5.66. The van der Waals surface area contributed by atoms with Gasteiger partial charge in [-0.3, -0.25) is 4.79 Å². The van der Waals surface area contributed by atoms with E-state index < -0.39 is 21.2 Å². The van der Waals surface area contributed by atoms with Crippen LogP contribution in [0.15, 0.2) is 0 Å². The molecule has 1 saturated carbocycles. The van der Waals surface area contributed by atoms with Crippen molar-refractivity contribution in [3.8, 4) is 0 Å². The Labute approximate surface area is 107 Å². The second kappa shape index (κ2) is 5.17. The zero-order chi connectivity index (χ0) is 13.2. The maximum atomic E-state index is 12.1. The van der Waals surface area contributed by atoms with Crippen LogP contribution in [-0.4, -0.2) is 43.7 Å². The van der Waals surface area contributed by atoms with E-state index in [0.29, 0.717) is 19.4 Å². The summed E-state index contributed by atoms with van der Waals surface area (Å²) in [6.45, 7) is 0.639. The largest absolute Gasteiger partial charge is 0.481 e. The van der Waals surface area contributed by atoms with Crippen LogP contribution >= 0.6 is 0 Å². The van der Waals surface area contributed by atoms with Crippen molar-refractivity contribution in [1.29, 1.82) is 0 Å². The first-order valence-electron chi connectivity index (χ1n) is 6.45. The lowest BCUT2D eigenvalue weighted by Crippen LogP contribution is -2.31. The van der Waals surface area contributed by atoms with Crippen molar-refractivity contribution in [2.45, 2.75) is 44.6 Å². The van der Waals surface area contributed by atoms with Crippen molar-refractivity contribution in [3.05, 3.63) is 0 Å². The highest BCUT2D eigenvalue weighted by atomic mass is 32.2. The molecule has 0 amide bonds. The van der Waals surface area contributed by atoms with Crippen LogP contribution in [0.4, 0.5) is 0 Å². The fraction of sp³-hybridized carbons (Fsp3) is 0.917. The molecule has 6 heteroatoms. The molecule has 1 unspecified atom stereocenters. The molecule has 2 rings (SSSR count). The van der Waals surface area contributed by atoms with Gasteiger partial charge >= 0.3 is 5.97 Å². The summed E-state index contributed by atoms with van der Waals surface area (Å²) in [5, 5.41) is 8.79. The molecule has 0 aromatic heterocycles. The molecule has 2 aliphatic rings. The van der Waals surface area contributed by atoms with Gasteiger partial charge in [-0.1, -0.05) is 0 Å². The van der Waals surface area contributed by atoms with Crippen LogP contribution in [0.25, 0.3) is 0 Å². The molecule has 0 spiro atoms. The lowest BCUT2D eigenvalue weighted by molar-refractivity contribution is -0.138. The Hall–Kier alpha value is -0.620. The predicted octanol–water partition coefficient (Wildman–Crippen LogP) is 1.23. The van der Waals surface area contributed by atoms with E-state index in [0.717, 1.165) is 19.3 Å². The number of ether oxygens (including phenoxy) is 1. The Kier molecular flexibility index (Phi) is 3.96. The van der Waals surface area contributed by atoms with Crippen LogP contribution in [-0.2, 0) is 19.4 Å². The van der Waals surface area contributed by atoms with Crippen molar-refractivity contribution in [3.63, 3.8) is 0 Å². The van der Waals surface area contributed by atoms with Gasteiger partial charge in [-0.15, -0.1) is 0 Å². The molecule has 0 bridgehead atoms. The molecule has 1 N–H and O–H groups in total. The van der Waals surface area contributed by atoms with Gasteiger partial charge in [0.2, 0.25) is 0 Å². The van der Waals surface area contributed by atoms with Crippen LogP contribution in [0.5, 0.6) is 0 Å². The van der Waals surface area contributed by atoms with E-state index >= 15 is 0 Å². The molecule has 1 atom stereocenters. The van der Waals surface area contributed by atoms with Crippen molar-refractivity contribution < 1.29 is 23.1 Å². The minimum atomic E-state index is -3.21. The minimum absolute atomic E-state index is 0.00611. The molecule has 1 aliphatic carbocycles. The third kappa shape index (κ3) is 3.95. The van der Waals surface area contributed by atoms with Gasteiger partial charge in [0.05, 0.1) is 24.0 Å². The van der Waals surface area contributed by atoms with Gasteiger partial charge in [0, 0.05) is 6.61 Å². The average Bonchev–Trinajstić information content (AvgIpc) is 2.95. The first-order valence-corrected chi connectivity index (χ1v) is 8.27. The monoisotopic (exact) mass is 276 g/mol. The van der Waals surface area contributed by atoms with Crippen molar-refractivity contribution in [2.75, 3.05) is 18.1 Å². The zero-order valence-electron chi connectivity index (χ0n) is 10.4. The van der Waals surface area contributed by atoms with Gasteiger partial charge in [-0.25, -0.2) is 8.42 Å². The lowest BCUT2D eigenvalue weighted by Gasteiger charge is -2.23. The van der Waals surface area contributed by atoms with E-state index in [1.54, 1.807) is 0 Å². The Morgan fingerprint density at radius 3 is 2.56 bits per heavy atom. The van der Waals surface area contributed by atoms with E-state index in [-0.39, 0.29) is 24.0 Å². The summed E-state index contributed by atoms with van der Waals surface area (Å²) in [5.41, 5.74) is -0.487. The highest BCUT2D eigenvalue weighted by Crippen LogP contribution is 2.50. The van der Waals surface area contributed by atoms with Gasteiger partial charge in [0.25, 0.3) is 0 Å². The SMILES string of the molecule is O=C(O)CC1(CS(=O)(=O)CC2CCCCO2)CC1. The summed E-state index contributed by atoms with van der Waals surface area (Å²) in [7, 11) is -3.21. The minimum Gasteiger partial charge on any atom is -0.481 e. The van der Waals surface area contributed by atoms with Crippen molar-refractivity contribution in [2.24, 2.45) is 5.41 Å². The van der Waals surface area contributed by atoms with Crippen LogP contribution < -0.4 is 0 Å². The molecule has 0 radical (unpaired) electrons. The zero-order valence-corrected chi connectivity index (χ0v) is 11.2. The predicted molar refractivity (Wildman–Crippen MR) is 66.2 cm³/mol. The second-order valence-corrected chi connectivity index (χ2v) is 7.72. The molecule has 104 valence electrons. The number of carboxylic acids is 1. The lowest BCUT2D eigenvalue weighted by atomic mass is 10.1. The fourth-order valence-corrected chi connectivity index (χ4v) is 4.89. The number of carbonyl (C=O) groups is 1. The van der Waals surface area contributed by atoms with Gasteiger partial charge in [0.15, 0.2) is 9.84 Å². The van der Waals surface area contributed by atoms with E-state index in [4.69, 9.17) is 9.84 Å². The number of carboxylic acid groups (broad SMARTS) is 1. The average molecular weight is 276 g/mol. The highest BCUT2D eigenvalue weighted by Gasteiger charge is 2.47. The summed E-state index contributed by atoms with van der Waals surface area (Å²) in [6.07, 6.45) is 4.01. The Balaban J connectivity index is 1.89. The topological polar surface area (TPSA) is 80.7 Å². The molecular formula is C12H20O5S. The molecule has 1 heterocycles. The van der Waals surface area contributed by atoms with E-state index in [1.807, 2.05) is 0 Å². The van der Waals surface area contributed by atoms with Crippen LogP contribution in [0, 0.1) is 5.41 Å². The quantitative estimate of drug-likeness (QED) is 0.789. The summed E-state index contributed by atoms with van der Waals surface area (Å²) in [5.74, 6) is -0.850. The molecule has 0 aromatic carbocycles. The van der Waals surface area contributed by atoms with Crippen LogP contribution in [0.1, 0.15) is 38.5 Å². The molecule has 1 saturated heterocycles. The Morgan fingerprint density at radius 2 is 2.06 bits per heavy atom. The molecule has 1 aliphatic heterocycles. The van der Waals surface area contributed by atoms with E-state index in [2.05, 4.69) is 0 Å². The smallest absolute Gasteiger partial charge is 0.303 e. The van der Waals surface area contributed by atoms with Gasteiger partial charge in [-0.2, -0.15) is 0 Å². The molecule has 0 aromatic rings. The molecule has 2 fully saturated rings. The first-order chi connectivity index (χ1) is 8.41. The third-order valence-electron chi connectivity index (χ3n) is 3.72. The highest BCUT2D eigenvalue weighted by molar-refractivity contribution is 7.91. The van der Waals surface area contributed by atoms with Crippen LogP contribution in [0.3, 0.4) is 0 Å². The summed E-state index contributed by atoms with van der Waals surface area (Å²) < 4.78 is 29.6. The number of sulfone groups is 1. The van der Waals surface area contributed by atoms with E-state index in [1.165, 1.54) is 0 Å². The Morgan fingerprint density at radius 1 is 1.33 bits per heavy atom. The normalized spacial score (nSPS) is 26.8. The summed E-state index contributed by atoms with van der Waals surface area (Å²) >= 11 is 0. The number of aliphatic carboxylic acids is 1. The Bertz CT molecular complexity index is 404. The summed E-state index contributed by atoms with van der Waals surface area (Å²) in [6, 6.07) is 0. The van der Waals surface area contributed by atoms with Crippen LogP contribution in [0.2, 0.25) is 0 Å². The van der Waals surface area contributed by atoms with Gasteiger partial charge in [0.1, 0.15) is 0 Å². The van der Waals surface area contributed by atoms with Crippen molar-refractivity contribution in [1.82, 2.24) is 0 Å². The van der Waals surface area contributed by atoms with Crippen molar-refractivity contribution >= 4 is 15.8 Å². The number of hydrogen-bond donors (Lipinski definition) is 1. The number of hydrogen-bond acceptors (Lipinski definition) is 4. The van der Waals surface area contributed by atoms with Gasteiger partial charge < -0.3 is 9.84 Å². The fourth-order valence-electron chi connectivity index (χ4n) is 2.62. The van der Waals surface area contributed by atoms with E-state index in [9.17, 15) is 13.2 Å². The standard InChI is InChI=1S/C12H20O5S/c13-11(14)7-12(4-5-12)9-18(15,16)8-10-3-1-2-6-17-10/h10H,1-9H2,(H,13,14). The first kappa shape index (κ1) is 13.8. The maximum absolute atomic E-state index is 12.1. The molecule has 5 nitrogen and oxygen atoms in total. The number of rotatable bonds is 6. The molecular weight excluding hydrogens is 256 g/mol. The second-order valence-electron chi connectivity index (χ2n) is 5.61.